The zero-order valence-electron chi connectivity index (χ0n) is 14.4. The average molecular weight is 352 g/mol. The van der Waals surface area contributed by atoms with Crippen LogP contribution >= 0.6 is 0 Å². The van der Waals surface area contributed by atoms with E-state index in [9.17, 15) is 9.18 Å². The summed E-state index contributed by atoms with van der Waals surface area (Å²) >= 11 is 0. The molecule has 0 spiro atoms. The normalized spacial score (nSPS) is 13.0. The zero-order chi connectivity index (χ0) is 18.3. The third kappa shape index (κ3) is 2.81. The standard InChI is InChI=1S/C19H17FN4O2/c1-11-16(12-3-6-14(20)7-4-12)19(26-23-11)22-18(25)15-8-5-13-9-10-24(2)17(13)21-15/h3-8H,9-10H2,1-2H3,(H,22,25). The summed E-state index contributed by atoms with van der Waals surface area (Å²) in [5.74, 6) is 0.326. The second-order valence-corrected chi connectivity index (χ2v) is 6.28. The molecule has 132 valence electrons. The van der Waals surface area contributed by atoms with E-state index in [1.807, 2.05) is 18.0 Å². The molecule has 1 amide bonds. The zero-order valence-corrected chi connectivity index (χ0v) is 14.4. The molecule has 7 heteroatoms. The van der Waals surface area contributed by atoms with Crippen LogP contribution in [0.25, 0.3) is 11.1 Å². The van der Waals surface area contributed by atoms with Crippen molar-refractivity contribution in [1.82, 2.24) is 10.1 Å². The predicted molar refractivity (Wildman–Crippen MR) is 95.8 cm³/mol. The van der Waals surface area contributed by atoms with Crippen LogP contribution in [0.4, 0.5) is 16.1 Å². The van der Waals surface area contributed by atoms with Crippen molar-refractivity contribution in [1.29, 1.82) is 0 Å². The smallest absolute Gasteiger partial charge is 0.276 e. The molecule has 0 bridgehead atoms. The molecule has 4 rings (SSSR count). The first-order chi connectivity index (χ1) is 12.5. The number of hydrogen-bond donors (Lipinski definition) is 1. The number of rotatable bonds is 3. The van der Waals surface area contributed by atoms with E-state index in [0.29, 0.717) is 22.5 Å². The van der Waals surface area contributed by atoms with Crippen LogP contribution in [0.15, 0.2) is 40.9 Å². The molecule has 0 aliphatic carbocycles. The fourth-order valence-electron chi connectivity index (χ4n) is 3.10. The van der Waals surface area contributed by atoms with Gasteiger partial charge in [-0.3, -0.25) is 10.1 Å². The number of hydrogen-bond acceptors (Lipinski definition) is 5. The Bertz CT molecular complexity index is 982. The van der Waals surface area contributed by atoms with Crippen LogP contribution in [-0.4, -0.2) is 29.6 Å². The lowest BCUT2D eigenvalue weighted by Gasteiger charge is -2.11. The number of pyridine rings is 1. The van der Waals surface area contributed by atoms with E-state index in [4.69, 9.17) is 4.52 Å². The Morgan fingerprint density at radius 3 is 2.77 bits per heavy atom. The fourth-order valence-corrected chi connectivity index (χ4v) is 3.10. The Labute approximate surface area is 149 Å². The van der Waals surface area contributed by atoms with Gasteiger partial charge < -0.3 is 9.42 Å². The van der Waals surface area contributed by atoms with Crippen LogP contribution in [0.3, 0.4) is 0 Å². The molecule has 0 atom stereocenters. The van der Waals surface area contributed by atoms with Crippen LogP contribution in [0.5, 0.6) is 0 Å². The highest BCUT2D eigenvalue weighted by molar-refractivity contribution is 6.04. The molecule has 26 heavy (non-hydrogen) atoms. The monoisotopic (exact) mass is 352 g/mol. The molecule has 1 N–H and O–H groups in total. The van der Waals surface area contributed by atoms with Crippen molar-refractivity contribution in [3.05, 3.63) is 59.2 Å². The van der Waals surface area contributed by atoms with Crippen LogP contribution in [-0.2, 0) is 6.42 Å². The van der Waals surface area contributed by atoms with Gasteiger partial charge in [-0.15, -0.1) is 0 Å². The Balaban J connectivity index is 1.63. The summed E-state index contributed by atoms with van der Waals surface area (Å²) in [5.41, 5.74) is 3.37. The van der Waals surface area contributed by atoms with E-state index >= 15 is 0 Å². The third-order valence-electron chi connectivity index (χ3n) is 4.49. The molecule has 6 nitrogen and oxygen atoms in total. The lowest BCUT2D eigenvalue weighted by molar-refractivity contribution is 0.101. The summed E-state index contributed by atoms with van der Waals surface area (Å²) in [4.78, 5) is 19.1. The first-order valence-corrected chi connectivity index (χ1v) is 8.27. The van der Waals surface area contributed by atoms with E-state index in [2.05, 4.69) is 15.5 Å². The number of nitrogens with zero attached hydrogens (tertiary/aromatic N) is 3. The molecule has 0 saturated carbocycles. The van der Waals surface area contributed by atoms with E-state index in [1.54, 1.807) is 25.1 Å². The van der Waals surface area contributed by atoms with Crippen LogP contribution in [0.1, 0.15) is 21.7 Å². The number of likely N-dealkylation sites (N-methyl/N-ethyl adjacent to an activating group) is 1. The minimum Gasteiger partial charge on any atom is -0.359 e. The number of carbonyl (C=O) groups is 1. The van der Waals surface area contributed by atoms with Gasteiger partial charge in [0.1, 0.15) is 17.3 Å². The highest BCUT2D eigenvalue weighted by atomic mass is 19.1. The minimum absolute atomic E-state index is 0.217. The van der Waals surface area contributed by atoms with Crippen molar-refractivity contribution in [2.24, 2.45) is 0 Å². The van der Waals surface area contributed by atoms with Crippen molar-refractivity contribution in [2.45, 2.75) is 13.3 Å². The van der Waals surface area contributed by atoms with Crippen LogP contribution < -0.4 is 10.2 Å². The van der Waals surface area contributed by atoms with Crippen molar-refractivity contribution in [3.8, 4) is 11.1 Å². The molecule has 1 aliphatic rings. The summed E-state index contributed by atoms with van der Waals surface area (Å²) in [7, 11) is 1.95. The Morgan fingerprint density at radius 2 is 2.00 bits per heavy atom. The Kier molecular flexibility index (Phi) is 3.91. The van der Waals surface area contributed by atoms with E-state index in [0.717, 1.165) is 24.3 Å². The van der Waals surface area contributed by atoms with E-state index in [-0.39, 0.29) is 17.6 Å². The molecule has 3 aromatic rings. The number of aromatic nitrogens is 2. The first-order valence-electron chi connectivity index (χ1n) is 8.27. The number of halogens is 1. The summed E-state index contributed by atoms with van der Waals surface area (Å²) in [5, 5.41) is 6.64. The molecule has 0 radical (unpaired) electrons. The number of fused-ring (bicyclic) bond motifs is 1. The molecule has 0 fully saturated rings. The van der Waals surface area contributed by atoms with Gasteiger partial charge in [0, 0.05) is 13.6 Å². The lowest BCUT2D eigenvalue weighted by Crippen LogP contribution is -2.17. The molecule has 3 heterocycles. The maximum Gasteiger partial charge on any atom is 0.276 e. The maximum absolute atomic E-state index is 13.2. The maximum atomic E-state index is 13.2. The number of carbonyl (C=O) groups excluding carboxylic acids is 1. The van der Waals surface area contributed by atoms with E-state index in [1.165, 1.54) is 12.1 Å². The second-order valence-electron chi connectivity index (χ2n) is 6.28. The quantitative estimate of drug-likeness (QED) is 0.782. The SMILES string of the molecule is Cc1noc(NC(=O)c2ccc3c(n2)N(C)CC3)c1-c1ccc(F)cc1. The van der Waals surface area contributed by atoms with Gasteiger partial charge in [-0.1, -0.05) is 23.4 Å². The minimum atomic E-state index is -0.382. The molecule has 0 saturated heterocycles. The summed E-state index contributed by atoms with van der Waals surface area (Å²) in [6, 6.07) is 9.57. The van der Waals surface area contributed by atoms with E-state index < -0.39 is 0 Å². The molecule has 1 aromatic carbocycles. The van der Waals surface area contributed by atoms with Gasteiger partial charge in [-0.25, -0.2) is 9.37 Å². The van der Waals surface area contributed by atoms with Crippen LogP contribution in [0, 0.1) is 12.7 Å². The predicted octanol–water partition coefficient (Wildman–Crippen LogP) is 3.43. The summed E-state index contributed by atoms with van der Waals surface area (Å²) in [6.07, 6.45) is 0.927. The van der Waals surface area contributed by atoms with Gasteiger partial charge >= 0.3 is 0 Å². The van der Waals surface area contributed by atoms with Crippen molar-refractivity contribution in [3.63, 3.8) is 0 Å². The lowest BCUT2D eigenvalue weighted by atomic mass is 10.1. The van der Waals surface area contributed by atoms with Crippen molar-refractivity contribution >= 4 is 17.6 Å². The topological polar surface area (TPSA) is 71.3 Å². The van der Waals surface area contributed by atoms with Gasteiger partial charge in [0.25, 0.3) is 5.91 Å². The Hall–Kier alpha value is -3.22. The van der Waals surface area contributed by atoms with Crippen molar-refractivity contribution in [2.75, 3.05) is 23.8 Å². The first kappa shape index (κ1) is 16.3. The molecular formula is C19H17FN4O2. The van der Waals surface area contributed by atoms with Crippen LogP contribution in [0.2, 0.25) is 0 Å². The number of benzene rings is 1. The van der Waals surface area contributed by atoms with Gasteiger partial charge in [0.2, 0.25) is 5.88 Å². The largest absolute Gasteiger partial charge is 0.359 e. The third-order valence-corrected chi connectivity index (χ3v) is 4.49. The summed E-state index contributed by atoms with van der Waals surface area (Å²) < 4.78 is 18.5. The summed E-state index contributed by atoms with van der Waals surface area (Å²) in [6.45, 7) is 2.66. The number of amides is 1. The number of anilines is 2. The van der Waals surface area contributed by atoms with Gasteiger partial charge in [-0.2, -0.15) is 0 Å². The van der Waals surface area contributed by atoms with Crippen molar-refractivity contribution < 1.29 is 13.7 Å². The Morgan fingerprint density at radius 1 is 1.23 bits per heavy atom. The average Bonchev–Trinajstić information content (AvgIpc) is 3.19. The highest BCUT2D eigenvalue weighted by Crippen LogP contribution is 2.32. The number of nitrogens with one attached hydrogen (secondary N) is 1. The molecule has 1 aliphatic heterocycles. The second kappa shape index (κ2) is 6.25. The molecule has 2 aromatic heterocycles. The molecular weight excluding hydrogens is 335 g/mol. The van der Waals surface area contributed by atoms with Gasteiger partial charge in [0.05, 0.1) is 11.3 Å². The molecule has 0 unspecified atom stereocenters. The fraction of sp³-hybridized carbons (Fsp3) is 0.211. The van der Waals surface area contributed by atoms with Gasteiger partial charge in [0.15, 0.2) is 0 Å². The van der Waals surface area contributed by atoms with Gasteiger partial charge in [-0.05, 0) is 42.7 Å². The number of aryl methyl sites for hydroxylation is 1. The highest BCUT2D eigenvalue weighted by Gasteiger charge is 2.22.